The van der Waals surface area contributed by atoms with E-state index in [0.717, 1.165) is 12.1 Å². The van der Waals surface area contributed by atoms with Gasteiger partial charge < -0.3 is 10.2 Å². The van der Waals surface area contributed by atoms with E-state index in [9.17, 15) is 50.7 Å². The van der Waals surface area contributed by atoms with Gasteiger partial charge in [-0.2, -0.15) is 0 Å². The molecule has 0 amide bonds. The summed E-state index contributed by atoms with van der Waals surface area (Å²) in [5.74, 6) is -1.95. The lowest BCUT2D eigenvalue weighted by Crippen LogP contribution is -2.00. The summed E-state index contributed by atoms with van der Waals surface area (Å²) in [5, 5.41) is 63.7. The van der Waals surface area contributed by atoms with Crippen LogP contribution in [0.5, 0.6) is 11.5 Å². The van der Waals surface area contributed by atoms with Crippen LogP contribution in [0.25, 0.3) is 0 Å². The molecule has 2 aromatic carbocycles. The Morgan fingerprint density at radius 2 is 0.963 bits per heavy atom. The second kappa shape index (κ2) is 6.87. The van der Waals surface area contributed by atoms with Gasteiger partial charge >= 0.3 is 11.4 Å². The first kappa shape index (κ1) is 19.0. The fourth-order valence-corrected chi connectivity index (χ4v) is 2.29. The Bertz CT molecular complexity index is 924. The van der Waals surface area contributed by atoms with Crippen molar-refractivity contribution in [3.63, 3.8) is 0 Å². The number of nitrogens with zero attached hydrogens (tertiary/aromatic N) is 4. The van der Waals surface area contributed by atoms with Crippen molar-refractivity contribution in [2.24, 2.45) is 0 Å². The van der Waals surface area contributed by atoms with E-state index in [1.54, 1.807) is 0 Å². The molecule has 0 aromatic heterocycles. The van der Waals surface area contributed by atoms with Crippen LogP contribution in [-0.4, -0.2) is 29.9 Å². The summed E-state index contributed by atoms with van der Waals surface area (Å²) < 4.78 is 0. The molecule has 27 heavy (non-hydrogen) atoms. The van der Waals surface area contributed by atoms with Crippen molar-refractivity contribution in [1.82, 2.24) is 0 Å². The maximum atomic E-state index is 10.9. The molecule has 0 bridgehead atoms. The largest absolute Gasteiger partial charge is 0.502 e. The zero-order valence-corrected chi connectivity index (χ0v) is 13.0. The van der Waals surface area contributed by atoms with E-state index in [1.807, 2.05) is 0 Å². The first-order valence-electron chi connectivity index (χ1n) is 6.82. The van der Waals surface area contributed by atoms with E-state index < -0.39 is 71.5 Å². The minimum Gasteiger partial charge on any atom is -0.502 e. The zero-order chi connectivity index (χ0) is 20.5. The highest BCUT2D eigenvalue weighted by Gasteiger charge is 2.28. The third-order valence-corrected chi connectivity index (χ3v) is 3.50. The zero-order valence-electron chi connectivity index (χ0n) is 13.0. The molecule has 0 fully saturated rings. The standard InChI is InChI=1S/C13H8N4O10/c18-12-6(2-8(14(20)21)4-10(12)16(24)25)1-7-3-9(15(22)23)5-11(13(7)19)17(26)27/h2-5,18-19H,1H2. The predicted octanol–water partition coefficient (Wildman–Crippen LogP) is 2.32. The van der Waals surface area contributed by atoms with Gasteiger partial charge in [0.2, 0.25) is 0 Å². The van der Waals surface area contributed by atoms with Crippen LogP contribution < -0.4 is 0 Å². The summed E-state index contributed by atoms with van der Waals surface area (Å²) in [4.78, 5) is 39.6. The van der Waals surface area contributed by atoms with Gasteiger partial charge in [0.25, 0.3) is 11.4 Å². The molecular weight excluding hydrogens is 372 g/mol. The van der Waals surface area contributed by atoms with Crippen LogP contribution in [0.3, 0.4) is 0 Å². The molecule has 14 nitrogen and oxygen atoms in total. The molecule has 2 N–H and O–H groups in total. The highest BCUT2D eigenvalue weighted by molar-refractivity contribution is 5.62. The van der Waals surface area contributed by atoms with Crippen LogP contribution in [0.1, 0.15) is 11.1 Å². The summed E-state index contributed by atoms with van der Waals surface area (Å²) in [6.45, 7) is 0. The number of rotatable bonds is 6. The van der Waals surface area contributed by atoms with Gasteiger partial charge in [-0.15, -0.1) is 0 Å². The van der Waals surface area contributed by atoms with Crippen molar-refractivity contribution in [3.05, 3.63) is 75.8 Å². The number of hydrogen-bond donors (Lipinski definition) is 2. The molecule has 0 saturated heterocycles. The Kier molecular flexibility index (Phi) is 4.83. The van der Waals surface area contributed by atoms with Crippen molar-refractivity contribution in [3.8, 4) is 11.5 Å². The summed E-state index contributed by atoms with van der Waals surface area (Å²) in [6, 6.07) is 2.53. The van der Waals surface area contributed by atoms with Crippen LogP contribution in [-0.2, 0) is 6.42 Å². The average Bonchev–Trinajstić information content (AvgIpc) is 2.57. The molecule has 0 radical (unpaired) electrons. The van der Waals surface area contributed by atoms with Gasteiger partial charge in [-0.3, -0.25) is 40.5 Å². The maximum absolute atomic E-state index is 10.9. The molecule has 0 aliphatic heterocycles. The third-order valence-electron chi connectivity index (χ3n) is 3.50. The van der Waals surface area contributed by atoms with Crippen molar-refractivity contribution in [1.29, 1.82) is 0 Å². The first-order valence-corrected chi connectivity index (χ1v) is 6.82. The van der Waals surface area contributed by atoms with Crippen LogP contribution in [0.4, 0.5) is 22.7 Å². The number of nitro benzene ring substituents is 4. The minimum absolute atomic E-state index is 0.430. The van der Waals surface area contributed by atoms with E-state index in [2.05, 4.69) is 0 Å². The highest BCUT2D eigenvalue weighted by Crippen LogP contribution is 2.40. The minimum atomic E-state index is -1.08. The number of benzene rings is 2. The first-order chi connectivity index (χ1) is 12.5. The molecule has 0 atom stereocenters. The smallest absolute Gasteiger partial charge is 0.317 e. The topological polar surface area (TPSA) is 213 Å². The van der Waals surface area contributed by atoms with Crippen LogP contribution in [0.2, 0.25) is 0 Å². The highest BCUT2D eigenvalue weighted by atomic mass is 16.6. The number of hydrogen-bond acceptors (Lipinski definition) is 10. The molecule has 0 aliphatic carbocycles. The summed E-state index contributed by atoms with van der Waals surface area (Å²) in [5.41, 5.74) is -4.37. The molecule has 0 spiro atoms. The Morgan fingerprint density at radius 1 is 0.630 bits per heavy atom. The lowest BCUT2D eigenvalue weighted by Gasteiger charge is -2.08. The molecule has 0 heterocycles. The number of nitro groups is 4. The monoisotopic (exact) mass is 380 g/mol. The molecular formula is C13H8N4O10. The van der Waals surface area contributed by atoms with Gasteiger partial charge in [0.1, 0.15) is 0 Å². The van der Waals surface area contributed by atoms with Crippen LogP contribution >= 0.6 is 0 Å². The van der Waals surface area contributed by atoms with E-state index in [-0.39, 0.29) is 0 Å². The van der Waals surface area contributed by atoms with Gasteiger partial charge in [-0.25, -0.2) is 0 Å². The molecule has 14 heteroatoms. The van der Waals surface area contributed by atoms with Gasteiger partial charge in [-0.05, 0) is 0 Å². The van der Waals surface area contributed by atoms with Gasteiger partial charge in [0.15, 0.2) is 11.5 Å². The average molecular weight is 380 g/mol. The van der Waals surface area contributed by atoms with Crippen molar-refractivity contribution < 1.29 is 29.9 Å². The quantitative estimate of drug-likeness (QED) is 0.550. The fraction of sp³-hybridized carbons (Fsp3) is 0.0769. The number of non-ortho nitro benzene ring substituents is 2. The summed E-state index contributed by atoms with van der Waals surface area (Å²) in [6.07, 6.45) is -0.678. The number of aromatic hydroxyl groups is 2. The Balaban J connectivity index is 2.69. The van der Waals surface area contributed by atoms with Gasteiger partial charge in [0, 0.05) is 29.7 Å². The molecule has 2 rings (SSSR count). The van der Waals surface area contributed by atoms with Crippen LogP contribution in [0, 0.1) is 40.5 Å². The van der Waals surface area contributed by atoms with Crippen molar-refractivity contribution in [2.45, 2.75) is 6.42 Å². The van der Waals surface area contributed by atoms with E-state index in [4.69, 9.17) is 0 Å². The molecule has 140 valence electrons. The van der Waals surface area contributed by atoms with Gasteiger partial charge in [-0.1, -0.05) is 0 Å². The SMILES string of the molecule is O=[N+]([O-])c1cc(Cc2cc([N+](=O)[O-])cc([N+](=O)[O-])c2O)c(O)c([N+](=O)[O-])c1. The second-order valence-electron chi connectivity index (χ2n) is 5.15. The lowest BCUT2D eigenvalue weighted by molar-refractivity contribution is -0.395. The third kappa shape index (κ3) is 3.68. The Hall–Kier alpha value is -4.36. The fourth-order valence-electron chi connectivity index (χ4n) is 2.29. The maximum Gasteiger partial charge on any atom is 0.317 e. The Labute approximate surface area is 147 Å². The second-order valence-corrected chi connectivity index (χ2v) is 5.15. The van der Waals surface area contributed by atoms with Crippen LogP contribution in [0.15, 0.2) is 24.3 Å². The Morgan fingerprint density at radius 3 is 1.22 bits per heavy atom. The van der Waals surface area contributed by atoms with Crippen molar-refractivity contribution in [2.75, 3.05) is 0 Å². The predicted molar refractivity (Wildman–Crippen MR) is 85.6 cm³/mol. The number of phenolic OH excluding ortho intramolecular Hbond substituents is 2. The van der Waals surface area contributed by atoms with Gasteiger partial charge in [0.05, 0.1) is 31.8 Å². The molecule has 0 unspecified atom stereocenters. The van der Waals surface area contributed by atoms with E-state index in [0.29, 0.717) is 12.1 Å². The lowest BCUT2D eigenvalue weighted by atomic mass is 10.0. The normalized spacial score (nSPS) is 10.4. The summed E-state index contributed by atoms with van der Waals surface area (Å²) >= 11 is 0. The summed E-state index contributed by atoms with van der Waals surface area (Å²) in [7, 11) is 0. The van der Waals surface area contributed by atoms with Crippen molar-refractivity contribution >= 4 is 22.7 Å². The number of phenols is 2. The molecule has 0 saturated carbocycles. The molecule has 0 aliphatic rings. The molecule has 2 aromatic rings. The van der Waals surface area contributed by atoms with E-state index >= 15 is 0 Å². The van der Waals surface area contributed by atoms with E-state index in [1.165, 1.54) is 0 Å².